The first kappa shape index (κ1) is 27.1. The summed E-state index contributed by atoms with van der Waals surface area (Å²) in [5, 5.41) is 11.0. The molecule has 10 nitrogen and oxygen atoms in total. The van der Waals surface area contributed by atoms with Crippen molar-refractivity contribution in [1.29, 1.82) is 0 Å². The Hall–Kier alpha value is -3.45. The number of hydrogen-bond donors (Lipinski definition) is 0. The number of halogens is 3. The van der Waals surface area contributed by atoms with Gasteiger partial charge in [0.05, 0.1) is 0 Å². The molecule has 0 radical (unpaired) electrons. The van der Waals surface area contributed by atoms with Crippen LogP contribution in [-0.2, 0) is 15.7 Å². The molecule has 3 aromatic rings. The molecule has 1 amide bonds. The minimum Gasteiger partial charge on any atom is -0.492 e. The zero-order valence-electron chi connectivity index (χ0n) is 21.8. The van der Waals surface area contributed by atoms with E-state index < -0.39 is 12.0 Å². The van der Waals surface area contributed by atoms with Gasteiger partial charge in [0.1, 0.15) is 24.8 Å². The van der Waals surface area contributed by atoms with E-state index in [-0.39, 0.29) is 18.2 Å². The van der Waals surface area contributed by atoms with Gasteiger partial charge in [0.25, 0.3) is 5.82 Å². The molecule has 0 aliphatic carbocycles. The molecule has 39 heavy (non-hydrogen) atoms. The van der Waals surface area contributed by atoms with Crippen molar-refractivity contribution < 1.29 is 27.4 Å². The molecule has 4 heterocycles. The summed E-state index contributed by atoms with van der Waals surface area (Å²) in [5.74, 6) is 0.573. The topological polar surface area (TPSA) is 88.3 Å². The van der Waals surface area contributed by atoms with E-state index in [2.05, 4.69) is 32.3 Å². The van der Waals surface area contributed by atoms with Gasteiger partial charge in [-0.25, -0.2) is 0 Å². The zero-order valence-corrected chi connectivity index (χ0v) is 21.8. The number of carbonyl (C=O) groups excluding carboxylic acids is 1. The average Bonchev–Trinajstić information content (AvgIpc) is 3.38. The van der Waals surface area contributed by atoms with Crippen LogP contribution in [0.3, 0.4) is 0 Å². The van der Waals surface area contributed by atoms with Gasteiger partial charge >= 0.3 is 6.18 Å². The summed E-state index contributed by atoms with van der Waals surface area (Å²) in [5.41, 5.74) is 1.29. The largest absolute Gasteiger partial charge is 0.492 e. The molecule has 0 unspecified atom stereocenters. The van der Waals surface area contributed by atoms with Crippen LogP contribution in [0.5, 0.6) is 5.75 Å². The highest BCUT2D eigenvalue weighted by Crippen LogP contribution is 2.32. The van der Waals surface area contributed by atoms with Crippen LogP contribution in [0.15, 0.2) is 36.4 Å². The molecule has 1 aromatic carbocycles. The average molecular weight is 548 g/mol. The number of rotatable bonds is 8. The molecule has 2 saturated heterocycles. The van der Waals surface area contributed by atoms with E-state index in [0.717, 1.165) is 42.7 Å². The summed E-state index contributed by atoms with van der Waals surface area (Å²) < 4.78 is 51.2. The maximum Gasteiger partial charge on any atom is 0.453 e. The van der Waals surface area contributed by atoms with Crippen molar-refractivity contribution in [3.63, 3.8) is 0 Å². The lowest BCUT2D eigenvalue weighted by Crippen LogP contribution is -2.50. The number of aromatic nitrogens is 4. The summed E-state index contributed by atoms with van der Waals surface area (Å²) in [4.78, 5) is 18.0. The maximum absolute atomic E-state index is 13.2. The van der Waals surface area contributed by atoms with Crippen molar-refractivity contribution in [1.82, 2.24) is 29.6 Å². The van der Waals surface area contributed by atoms with E-state index in [1.54, 1.807) is 6.07 Å². The Morgan fingerprint density at radius 3 is 2.36 bits per heavy atom. The molecular formula is C26H32F3N7O3. The molecule has 2 aromatic heterocycles. The monoisotopic (exact) mass is 547 g/mol. The summed E-state index contributed by atoms with van der Waals surface area (Å²) >= 11 is 0. The van der Waals surface area contributed by atoms with E-state index in [4.69, 9.17) is 9.47 Å². The number of methoxy groups -OCH3 is 1. The highest BCUT2D eigenvalue weighted by molar-refractivity contribution is 5.77. The van der Waals surface area contributed by atoms with Crippen LogP contribution in [0.25, 0.3) is 5.65 Å². The number of piperidine rings is 1. The van der Waals surface area contributed by atoms with Gasteiger partial charge in [0, 0.05) is 52.9 Å². The highest BCUT2D eigenvalue weighted by atomic mass is 19.4. The summed E-state index contributed by atoms with van der Waals surface area (Å²) in [6.45, 7) is 5.93. The van der Waals surface area contributed by atoms with Crippen LogP contribution < -0.4 is 9.64 Å². The Balaban J connectivity index is 1.08. The minimum absolute atomic E-state index is 0.0314. The van der Waals surface area contributed by atoms with Gasteiger partial charge in [-0.3, -0.25) is 9.69 Å². The second-order valence-electron chi connectivity index (χ2n) is 9.82. The van der Waals surface area contributed by atoms with E-state index in [1.807, 2.05) is 21.9 Å². The van der Waals surface area contributed by atoms with E-state index in [9.17, 15) is 18.0 Å². The smallest absolute Gasteiger partial charge is 0.453 e. The summed E-state index contributed by atoms with van der Waals surface area (Å²) in [6, 6.07) is 11.4. The van der Waals surface area contributed by atoms with E-state index >= 15 is 0 Å². The Morgan fingerprint density at radius 2 is 1.69 bits per heavy atom. The first-order valence-electron chi connectivity index (χ1n) is 13.1. The third-order valence-electron chi connectivity index (χ3n) is 7.34. The van der Waals surface area contributed by atoms with Gasteiger partial charge in [-0.15, -0.1) is 15.3 Å². The zero-order chi connectivity index (χ0) is 27.4. The second-order valence-corrected chi connectivity index (χ2v) is 9.82. The minimum atomic E-state index is -4.62. The van der Waals surface area contributed by atoms with Crippen LogP contribution in [-0.4, -0.2) is 102 Å². The van der Waals surface area contributed by atoms with Gasteiger partial charge in [-0.2, -0.15) is 17.7 Å². The predicted molar refractivity (Wildman–Crippen MR) is 137 cm³/mol. The lowest BCUT2D eigenvalue weighted by Gasteiger charge is -2.34. The number of nitrogens with zero attached hydrogens (tertiary/aromatic N) is 7. The van der Waals surface area contributed by atoms with Crippen LogP contribution in [0.2, 0.25) is 0 Å². The van der Waals surface area contributed by atoms with Crippen LogP contribution in [0.4, 0.5) is 19.0 Å². The van der Waals surface area contributed by atoms with Crippen molar-refractivity contribution >= 4 is 17.4 Å². The number of alkyl halides is 3. The van der Waals surface area contributed by atoms with Crippen molar-refractivity contribution in [2.75, 3.05) is 71.0 Å². The number of benzene rings is 1. The molecule has 210 valence electrons. The third-order valence-corrected chi connectivity index (χ3v) is 7.34. The molecule has 2 aliphatic rings. The van der Waals surface area contributed by atoms with E-state index in [0.29, 0.717) is 44.5 Å². The van der Waals surface area contributed by atoms with Gasteiger partial charge in [-0.05, 0) is 48.6 Å². The summed E-state index contributed by atoms with van der Waals surface area (Å²) in [7, 11) is 1.53. The predicted octanol–water partition coefficient (Wildman–Crippen LogP) is 2.70. The molecule has 0 saturated carbocycles. The van der Waals surface area contributed by atoms with Crippen molar-refractivity contribution in [2.45, 2.75) is 24.9 Å². The normalized spacial score (nSPS) is 17.6. The van der Waals surface area contributed by atoms with Gasteiger partial charge < -0.3 is 19.3 Å². The molecule has 0 atom stereocenters. The SMILES string of the molecule is COCC(=O)N1CCN(CCOc2ccc(C3CCN(c4ccc5nnc(C(F)(F)F)n5n4)CC3)cc2)CC1. The number of piperazine rings is 1. The lowest BCUT2D eigenvalue weighted by atomic mass is 9.89. The Morgan fingerprint density at radius 1 is 0.974 bits per heavy atom. The van der Waals surface area contributed by atoms with Crippen LogP contribution in [0, 0.1) is 0 Å². The van der Waals surface area contributed by atoms with E-state index in [1.165, 1.54) is 18.7 Å². The molecule has 5 rings (SSSR count). The summed E-state index contributed by atoms with van der Waals surface area (Å²) in [6.07, 6.45) is -2.88. The van der Waals surface area contributed by atoms with Crippen molar-refractivity contribution in [2.24, 2.45) is 0 Å². The lowest BCUT2D eigenvalue weighted by molar-refractivity contribution is -0.146. The second kappa shape index (κ2) is 11.7. The Bertz CT molecular complexity index is 1250. The number of anilines is 1. The van der Waals surface area contributed by atoms with Gasteiger partial charge in [-0.1, -0.05) is 12.1 Å². The number of hydrogen-bond acceptors (Lipinski definition) is 8. The fraction of sp³-hybridized carbons (Fsp3) is 0.538. The number of fused-ring (bicyclic) bond motifs is 1. The number of carbonyl (C=O) groups is 1. The van der Waals surface area contributed by atoms with Crippen molar-refractivity contribution in [3.8, 4) is 5.75 Å². The first-order chi connectivity index (χ1) is 18.8. The van der Waals surface area contributed by atoms with Crippen molar-refractivity contribution in [3.05, 3.63) is 47.8 Å². The molecule has 2 fully saturated rings. The Kier molecular flexibility index (Phi) is 8.17. The molecular weight excluding hydrogens is 515 g/mol. The van der Waals surface area contributed by atoms with Crippen LogP contribution in [0.1, 0.15) is 30.1 Å². The number of amides is 1. The molecule has 0 spiro atoms. The fourth-order valence-corrected chi connectivity index (χ4v) is 5.13. The quantitative estimate of drug-likeness (QED) is 0.426. The fourth-order valence-electron chi connectivity index (χ4n) is 5.13. The molecule has 2 aliphatic heterocycles. The van der Waals surface area contributed by atoms with Crippen LogP contribution >= 0.6 is 0 Å². The molecule has 0 N–H and O–H groups in total. The number of ether oxygens (including phenoxy) is 2. The third kappa shape index (κ3) is 6.41. The van der Waals surface area contributed by atoms with Gasteiger partial charge in [0.15, 0.2) is 5.65 Å². The molecule has 13 heteroatoms. The maximum atomic E-state index is 13.2. The molecule has 0 bridgehead atoms. The standard InChI is InChI=1S/C26H32F3N7O3/c1-38-18-24(37)35-14-12-33(13-15-35)16-17-39-21-4-2-19(3-5-21)20-8-10-34(11-9-20)23-7-6-22-30-31-25(26(27,28)29)36(22)32-23/h2-7,20H,8-18H2,1H3. The van der Waals surface area contributed by atoms with Gasteiger partial charge in [0.2, 0.25) is 5.91 Å². The highest BCUT2D eigenvalue weighted by Gasteiger charge is 2.38. The first-order valence-corrected chi connectivity index (χ1v) is 13.1. The Labute approximate surface area is 224 Å².